The maximum Gasteiger partial charge on any atom is 0.209 e. The third-order valence-corrected chi connectivity index (χ3v) is 6.02. The third kappa shape index (κ3) is 6.85. The molecule has 166 valence electrons. The Balaban J connectivity index is 1.52. The van der Waals surface area contributed by atoms with Crippen molar-refractivity contribution in [1.82, 2.24) is 25.5 Å². The fourth-order valence-electron chi connectivity index (χ4n) is 2.99. The van der Waals surface area contributed by atoms with E-state index in [-0.39, 0.29) is 0 Å². The van der Waals surface area contributed by atoms with Crippen LogP contribution in [0.4, 0.5) is 0 Å². The zero-order valence-electron chi connectivity index (χ0n) is 18.1. The molecule has 2 aromatic carbocycles. The zero-order chi connectivity index (χ0) is 22.1. The van der Waals surface area contributed by atoms with Crippen LogP contribution in [0, 0.1) is 6.92 Å². The molecule has 0 unspecified atom stereocenters. The molecular formula is C22H28ClN5O2S. The highest BCUT2D eigenvalue weighted by molar-refractivity contribution is 7.99. The summed E-state index contributed by atoms with van der Waals surface area (Å²) < 4.78 is 13.5. The largest absolute Gasteiger partial charge is 0.490 e. The number of rotatable bonds is 12. The van der Waals surface area contributed by atoms with Crippen LogP contribution in [0.25, 0.3) is 0 Å². The van der Waals surface area contributed by atoms with Crippen LogP contribution < -0.4 is 14.8 Å². The van der Waals surface area contributed by atoms with Crippen molar-refractivity contribution >= 4 is 23.4 Å². The van der Waals surface area contributed by atoms with Gasteiger partial charge in [-0.2, -0.15) is 0 Å². The molecule has 9 heteroatoms. The highest BCUT2D eigenvalue weighted by atomic mass is 35.5. The van der Waals surface area contributed by atoms with E-state index in [4.69, 9.17) is 21.1 Å². The van der Waals surface area contributed by atoms with E-state index >= 15 is 0 Å². The van der Waals surface area contributed by atoms with Gasteiger partial charge >= 0.3 is 0 Å². The molecule has 0 aliphatic heterocycles. The summed E-state index contributed by atoms with van der Waals surface area (Å²) in [5.74, 6) is 2.20. The number of hydrogen-bond acceptors (Lipinski definition) is 7. The van der Waals surface area contributed by atoms with Crippen molar-refractivity contribution in [1.29, 1.82) is 0 Å². The number of hydrogen-bond donors (Lipinski definition) is 1. The maximum absolute atomic E-state index is 6.55. The summed E-state index contributed by atoms with van der Waals surface area (Å²) in [6.07, 6.45) is 1.00. The molecule has 0 radical (unpaired) electrons. The van der Waals surface area contributed by atoms with Crippen LogP contribution in [0.15, 0.2) is 41.6 Å². The first kappa shape index (κ1) is 23.4. The number of aryl methyl sites for hydroxylation is 2. The van der Waals surface area contributed by atoms with E-state index in [0.29, 0.717) is 36.3 Å². The molecular weight excluding hydrogens is 434 g/mol. The predicted octanol–water partition coefficient (Wildman–Crippen LogP) is 4.42. The Kier molecular flexibility index (Phi) is 8.99. The van der Waals surface area contributed by atoms with E-state index in [2.05, 4.69) is 39.9 Å². The molecule has 31 heavy (non-hydrogen) atoms. The lowest BCUT2D eigenvalue weighted by atomic mass is 10.1. The molecule has 0 fully saturated rings. The van der Waals surface area contributed by atoms with Crippen molar-refractivity contribution in [2.24, 2.45) is 7.05 Å². The number of tetrazole rings is 1. The average molecular weight is 462 g/mol. The van der Waals surface area contributed by atoms with Gasteiger partial charge in [0.25, 0.3) is 0 Å². The van der Waals surface area contributed by atoms with Crippen LogP contribution in [0.2, 0.25) is 5.02 Å². The predicted molar refractivity (Wildman–Crippen MR) is 124 cm³/mol. The van der Waals surface area contributed by atoms with E-state index in [1.165, 1.54) is 5.56 Å². The van der Waals surface area contributed by atoms with E-state index in [1.54, 1.807) is 16.4 Å². The summed E-state index contributed by atoms with van der Waals surface area (Å²) in [6, 6.07) is 12.1. The highest BCUT2D eigenvalue weighted by Gasteiger charge is 2.13. The Hall–Kier alpha value is -2.29. The average Bonchev–Trinajstić information content (AvgIpc) is 3.16. The van der Waals surface area contributed by atoms with Gasteiger partial charge < -0.3 is 14.8 Å². The molecule has 0 bridgehead atoms. The molecule has 3 aromatic rings. The Morgan fingerprint density at radius 3 is 2.77 bits per heavy atom. The molecule has 0 atom stereocenters. The number of halogens is 1. The van der Waals surface area contributed by atoms with E-state index in [9.17, 15) is 0 Å². The lowest BCUT2D eigenvalue weighted by molar-refractivity contribution is 0.269. The molecule has 0 aliphatic rings. The van der Waals surface area contributed by atoms with Crippen LogP contribution in [-0.2, 0) is 20.2 Å². The van der Waals surface area contributed by atoms with Crippen molar-refractivity contribution < 1.29 is 9.47 Å². The Morgan fingerprint density at radius 1 is 1.19 bits per heavy atom. The van der Waals surface area contributed by atoms with Gasteiger partial charge in [-0.05, 0) is 66.1 Å². The number of thioether (sulfide) groups is 1. The SMILES string of the molecule is CCOc1cc(CNCCCSc2nnnn2C)cc(Cl)c1OCc1ccccc1C. The first-order valence-corrected chi connectivity index (χ1v) is 11.6. The van der Waals surface area contributed by atoms with Gasteiger partial charge in [0, 0.05) is 19.3 Å². The number of ether oxygens (including phenoxy) is 2. The van der Waals surface area contributed by atoms with E-state index in [0.717, 1.165) is 35.0 Å². The molecule has 1 N–H and O–H groups in total. The summed E-state index contributed by atoms with van der Waals surface area (Å²) in [4.78, 5) is 0. The van der Waals surface area contributed by atoms with Crippen molar-refractivity contribution in [3.05, 3.63) is 58.1 Å². The number of aromatic nitrogens is 4. The third-order valence-electron chi connectivity index (χ3n) is 4.64. The molecule has 3 rings (SSSR count). The van der Waals surface area contributed by atoms with Gasteiger partial charge in [-0.15, -0.1) is 5.10 Å². The first-order chi connectivity index (χ1) is 15.1. The zero-order valence-corrected chi connectivity index (χ0v) is 19.7. The molecule has 7 nitrogen and oxygen atoms in total. The van der Waals surface area contributed by atoms with Gasteiger partial charge in [0.15, 0.2) is 11.5 Å². The van der Waals surface area contributed by atoms with Crippen LogP contribution >= 0.6 is 23.4 Å². The van der Waals surface area contributed by atoms with Crippen LogP contribution in [0.5, 0.6) is 11.5 Å². The molecule has 0 spiro atoms. The van der Waals surface area contributed by atoms with Gasteiger partial charge in [-0.1, -0.05) is 47.6 Å². The minimum absolute atomic E-state index is 0.447. The lowest BCUT2D eigenvalue weighted by Crippen LogP contribution is -2.15. The van der Waals surface area contributed by atoms with Gasteiger partial charge in [0.1, 0.15) is 6.61 Å². The fraction of sp³-hybridized carbons (Fsp3) is 0.409. The standard InChI is InChI=1S/C22H28ClN5O2S/c1-4-29-20-13-17(14-24-10-7-11-31-22-25-26-27-28(22)3)12-19(23)21(20)30-15-18-9-6-5-8-16(18)2/h5-6,8-9,12-13,24H,4,7,10-11,14-15H2,1-3H3. The summed E-state index contributed by atoms with van der Waals surface area (Å²) in [7, 11) is 1.84. The smallest absolute Gasteiger partial charge is 0.209 e. The Labute approximate surface area is 192 Å². The summed E-state index contributed by atoms with van der Waals surface area (Å²) in [6.45, 7) is 6.60. The molecule has 1 heterocycles. The van der Waals surface area contributed by atoms with Crippen molar-refractivity contribution in [2.75, 3.05) is 18.9 Å². The second kappa shape index (κ2) is 11.9. The fourth-order valence-corrected chi connectivity index (χ4v) is 4.06. The van der Waals surface area contributed by atoms with Crippen LogP contribution in [0.1, 0.15) is 30.0 Å². The second-order valence-corrected chi connectivity index (χ2v) is 8.49. The monoisotopic (exact) mass is 461 g/mol. The van der Waals surface area contributed by atoms with Crippen LogP contribution in [-0.4, -0.2) is 39.1 Å². The molecule has 0 saturated carbocycles. The number of benzene rings is 2. The normalized spacial score (nSPS) is 11.0. The highest BCUT2D eigenvalue weighted by Crippen LogP contribution is 2.37. The quantitative estimate of drug-likeness (QED) is 0.316. The minimum atomic E-state index is 0.447. The second-order valence-electron chi connectivity index (χ2n) is 7.02. The van der Waals surface area contributed by atoms with Gasteiger partial charge in [-0.25, -0.2) is 4.68 Å². The van der Waals surface area contributed by atoms with Crippen molar-refractivity contribution in [3.63, 3.8) is 0 Å². The summed E-state index contributed by atoms with van der Waals surface area (Å²) in [5.41, 5.74) is 3.37. The van der Waals surface area contributed by atoms with Gasteiger partial charge in [-0.3, -0.25) is 0 Å². The molecule has 0 amide bonds. The summed E-state index contributed by atoms with van der Waals surface area (Å²) in [5, 5.41) is 16.3. The van der Waals surface area contributed by atoms with E-state index in [1.807, 2.05) is 38.2 Å². The number of nitrogens with zero attached hydrogens (tertiary/aromatic N) is 4. The minimum Gasteiger partial charge on any atom is -0.490 e. The van der Waals surface area contributed by atoms with Crippen LogP contribution in [0.3, 0.4) is 0 Å². The van der Waals surface area contributed by atoms with Gasteiger partial charge in [0.2, 0.25) is 5.16 Å². The molecule has 1 aromatic heterocycles. The Bertz CT molecular complexity index is 982. The topological polar surface area (TPSA) is 74.1 Å². The first-order valence-electron chi connectivity index (χ1n) is 10.3. The maximum atomic E-state index is 6.55. The summed E-state index contributed by atoms with van der Waals surface area (Å²) >= 11 is 8.20. The van der Waals surface area contributed by atoms with Crippen molar-refractivity contribution in [2.45, 2.75) is 38.6 Å². The van der Waals surface area contributed by atoms with Gasteiger partial charge in [0.05, 0.1) is 11.6 Å². The van der Waals surface area contributed by atoms with E-state index < -0.39 is 0 Å². The number of nitrogens with one attached hydrogen (secondary N) is 1. The Morgan fingerprint density at radius 2 is 2.03 bits per heavy atom. The molecule has 0 saturated heterocycles. The lowest BCUT2D eigenvalue weighted by Gasteiger charge is -2.16. The molecule has 0 aliphatic carbocycles. The van der Waals surface area contributed by atoms with Crippen molar-refractivity contribution in [3.8, 4) is 11.5 Å².